The predicted molar refractivity (Wildman–Crippen MR) is 124 cm³/mol. The van der Waals surface area contributed by atoms with Crippen molar-refractivity contribution >= 4 is 5.91 Å². The standard InChI is InChI=1S/C26H29N3O3/c1-3-4-6-18-9-11-20(12-10-18)26(31)29-14-13-23-22(17-29)25(30)28-24(27-23)16-19-7-5-8-21(15-19)32-2/h5,7-12,15H,3-4,6,13-14,16-17H2,1-2H3,(H,27,28,30). The van der Waals surface area contributed by atoms with E-state index in [-0.39, 0.29) is 18.0 Å². The average molecular weight is 432 g/mol. The lowest BCUT2D eigenvalue weighted by Gasteiger charge is -2.28. The highest BCUT2D eigenvalue weighted by Crippen LogP contribution is 2.19. The van der Waals surface area contributed by atoms with Crippen LogP contribution in [0.3, 0.4) is 0 Å². The van der Waals surface area contributed by atoms with Crippen molar-refractivity contribution in [3.8, 4) is 5.75 Å². The highest BCUT2D eigenvalue weighted by atomic mass is 16.5. The van der Waals surface area contributed by atoms with Gasteiger partial charge in [0.05, 0.1) is 24.9 Å². The van der Waals surface area contributed by atoms with E-state index in [9.17, 15) is 9.59 Å². The van der Waals surface area contributed by atoms with Crippen LogP contribution in [0.25, 0.3) is 0 Å². The summed E-state index contributed by atoms with van der Waals surface area (Å²) >= 11 is 0. The molecule has 0 radical (unpaired) electrons. The van der Waals surface area contributed by atoms with Gasteiger partial charge in [0.15, 0.2) is 0 Å². The normalized spacial score (nSPS) is 13.0. The number of benzene rings is 2. The van der Waals surface area contributed by atoms with Crippen LogP contribution in [0.2, 0.25) is 0 Å². The van der Waals surface area contributed by atoms with Crippen molar-refractivity contribution in [2.75, 3.05) is 13.7 Å². The lowest BCUT2D eigenvalue weighted by Crippen LogP contribution is -2.39. The molecular weight excluding hydrogens is 402 g/mol. The van der Waals surface area contributed by atoms with E-state index in [1.165, 1.54) is 5.56 Å². The minimum Gasteiger partial charge on any atom is -0.497 e. The Labute approximate surface area is 188 Å². The number of H-pyrrole nitrogens is 1. The first-order valence-electron chi connectivity index (χ1n) is 11.2. The zero-order valence-corrected chi connectivity index (χ0v) is 18.7. The van der Waals surface area contributed by atoms with Gasteiger partial charge in [0, 0.05) is 24.9 Å². The molecule has 0 atom stereocenters. The van der Waals surface area contributed by atoms with Crippen LogP contribution in [-0.4, -0.2) is 34.4 Å². The van der Waals surface area contributed by atoms with Crippen LogP contribution in [0.15, 0.2) is 53.3 Å². The van der Waals surface area contributed by atoms with E-state index in [1.807, 2.05) is 48.5 Å². The molecule has 0 saturated heterocycles. The fraction of sp³-hybridized carbons (Fsp3) is 0.346. The van der Waals surface area contributed by atoms with Crippen LogP contribution < -0.4 is 10.3 Å². The Hall–Kier alpha value is -3.41. The number of ether oxygens (including phenoxy) is 1. The number of methoxy groups -OCH3 is 1. The van der Waals surface area contributed by atoms with Crippen molar-refractivity contribution in [3.05, 3.63) is 92.7 Å². The molecule has 6 nitrogen and oxygen atoms in total. The summed E-state index contributed by atoms with van der Waals surface area (Å²) in [6.07, 6.45) is 4.42. The van der Waals surface area contributed by atoms with Gasteiger partial charge in [-0.1, -0.05) is 37.6 Å². The molecule has 4 rings (SSSR count). The van der Waals surface area contributed by atoms with E-state index in [0.29, 0.717) is 36.3 Å². The van der Waals surface area contributed by atoms with Crippen molar-refractivity contribution in [2.24, 2.45) is 0 Å². The third-order valence-corrected chi connectivity index (χ3v) is 5.93. The molecule has 0 aliphatic carbocycles. The Kier molecular flexibility index (Phi) is 6.69. The third kappa shape index (κ3) is 4.90. The maximum Gasteiger partial charge on any atom is 0.256 e. The number of fused-ring (bicyclic) bond motifs is 1. The third-order valence-electron chi connectivity index (χ3n) is 5.93. The van der Waals surface area contributed by atoms with Gasteiger partial charge in [0.25, 0.3) is 11.5 Å². The molecule has 6 heteroatoms. The van der Waals surface area contributed by atoms with Crippen LogP contribution in [-0.2, 0) is 25.8 Å². The summed E-state index contributed by atoms with van der Waals surface area (Å²) in [5.74, 6) is 1.36. The molecule has 0 unspecified atom stereocenters. The van der Waals surface area contributed by atoms with E-state index < -0.39 is 0 Å². The summed E-state index contributed by atoms with van der Waals surface area (Å²) in [7, 11) is 1.63. The maximum absolute atomic E-state index is 13.0. The van der Waals surface area contributed by atoms with Crippen molar-refractivity contribution in [3.63, 3.8) is 0 Å². The lowest BCUT2D eigenvalue weighted by molar-refractivity contribution is 0.0732. The van der Waals surface area contributed by atoms with Crippen LogP contribution in [0.4, 0.5) is 0 Å². The zero-order chi connectivity index (χ0) is 22.5. The monoisotopic (exact) mass is 431 g/mol. The fourth-order valence-electron chi connectivity index (χ4n) is 4.09. The highest BCUT2D eigenvalue weighted by molar-refractivity contribution is 5.94. The first-order valence-corrected chi connectivity index (χ1v) is 11.2. The molecule has 3 aromatic rings. The number of amides is 1. The quantitative estimate of drug-likeness (QED) is 0.615. The van der Waals surface area contributed by atoms with Gasteiger partial charge in [0.1, 0.15) is 11.6 Å². The van der Waals surface area contributed by atoms with E-state index in [1.54, 1.807) is 12.0 Å². The molecule has 2 heterocycles. The molecule has 0 spiro atoms. The molecule has 1 amide bonds. The molecule has 1 N–H and O–H groups in total. The van der Waals surface area contributed by atoms with Gasteiger partial charge in [-0.25, -0.2) is 4.98 Å². The predicted octanol–water partition coefficient (Wildman–Crippen LogP) is 3.91. The number of hydrogen-bond acceptors (Lipinski definition) is 4. The van der Waals surface area contributed by atoms with E-state index in [4.69, 9.17) is 9.72 Å². The zero-order valence-electron chi connectivity index (χ0n) is 18.7. The number of nitrogens with zero attached hydrogens (tertiary/aromatic N) is 2. The van der Waals surface area contributed by atoms with Crippen molar-refractivity contribution in [1.82, 2.24) is 14.9 Å². The van der Waals surface area contributed by atoms with Gasteiger partial charge < -0.3 is 14.6 Å². The average Bonchev–Trinajstić information content (AvgIpc) is 2.82. The fourth-order valence-corrected chi connectivity index (χ4v) is 4.09. The van der Waals surface area contributed by atoms with Crippen LogP contribution in [0.5, 0.6) is 5.75 Å². The number of rotatable bonds is 7. The molecule has 1 aromatic heterocycles. The van der Waals surface area contributed by atoms with Crippen molar-refractivity contribution in [2.45, 2.75) is 45.6 Å². The largest absolute Gasteiger partial charge is 0.497 e. The van der Waals surface area contributed by atoms with Gasteiger partial charge >= 0.3 is 0 Å². The molecule has 0 fully saturated rings. The van der Waals surface area contributed by atoms with Crippen LogP contribution in [0, 0.1) is 0 Å². The Balaban J connectivity index is 1.47. The number of aromatic amines is 1. The van der Waals surface area contributed by atoms with Crippen molar-refractivity contribution < 1.29 is 9.53 Å². The number of carbonyl (C=O) groups is 1. The maximum atomic E-state index is 13.0. The Morgan fingerprint density at radius 1 is 1.16 bits per heavy atom. The molecule has 32 heavy (non-hydrogen) atoms. The molecule has 1 aliphatic heterocycles. The highest BCUT2D eigenvalue weighted by Gasteiger charge is 2.25. The summed E-state index contributed by atoms with van der Waals surface area (Å²) in [5.41, 5.74) is 4.12. The molecule has 0 saturated carbocycles. The summed E-state index contributed by atoms with van der Waals surface area (Å²) in [6, 6.07) is 15.6. The van der Waals surface area contributed by atoms with Gasteiger partial charge in [0.2, 0.25) is 0 Å². The van der Waals surface area contributed by atoms with Crippen LogP contribution in [0.1, 0.15) is 58.3 Å². The number of unbranched alkanes of at least 4 members (excludes halogenated alkanes) is 1. The van der Waals surface area contributed by atoms with Crippen LogP contribution >= 0.6 is 0 Å². The van der Waals surface area contributed by atoms with E-state index in [0.717, 1.165) is 36.3 Å². The Bertz CT molecular complexity index is 1150. The van der Waals surface area contributed by atoms with Crippen molar-refractivity contribution in [1.29, 1.82) is 0 Å². The second kappa shape index (κ2) is 9.81. The minimum atomic E-state index is -0.166. The van der Waals surface area contributed by atoms with E-state index in [2.05, 4.69) is 11.9 Å². The topological polar surface area (TPSA) is 75.3 Å². The second-order valence-corrected chi connectivity index (χ2v) is 8.24. The molecule has 1 aliphatic rings. The molecule has 166 valence electrons. The molecule has 0 bridgehead atoms. The Morgan fingerprint density at radius 3 is 2.72 bits per heavy atom. The summed E-state index contributed by atoms with van der Waals surface area (Å²) in [5, 5.41) is 0. The first-order chi connectivity index (χ1) is 15.6. The van der Waals surface area contributed by atoms with Gasteiger partial charge in [-0.15, -0.1) is 0 Å². The number of hydrogen-bond donors (Lipinski definition) is 1. The first kappa shape index (κ1) is 21.8. The number of aromatic nitrogens is 2. The van der Waals surface area contributed by atoms with Gasteiger partial charge in [-0.3, -0.25) is 9.59 Å². The van der Waals surface area contributed by atoms with Gasteiger partial charge in [-0.2, -0.15) is 0 Å². The minimum absolute atomic E-state index is 0.0439. The lowest BCUT2D eigenvalue weighted by atomic mass is 10.0. The summed E-state index contributed by atoms with van der Waals surface area (Å²) in [6.45, 7) is 3.01. The smallest absolute Gasteiger partial charge is 0.256 e. The number of nitrogens with one attached hydrogen (secondary N) is 1. The number of aryl methyl sites for hydroxylation is 1. The summed E-state index contributed by atoms with van der Waals surface area (Å²) in [4.78, 5) is 35.1. The number of carbonyl (C=O) groups excluding carboxylic acids is 1. The molecule has 2 aromatic carbocycles. The van der Waals surface area contributed by atoms with Gasteiger partial charge in [-0.05, 0) is 48.2 Å². The Morgan fingerprint density at radius 2 is 1.97 bits per heavy atom. The van der Waals surface area contributed by atoms with E-state index >= 15 is 0 Å². The molecular formula is C26H29N3O3. The SMILES string of the molecule is CCCCc1ccc(C(=O)N2CCc3nc(Cc4cccc(OC)c4)[nH]c(=O)c3C2)cc1. The second-order valence-electron chi connectivity index (χ2n) is 8.24. The summed E-state index contributed by atoms with van der Waals surface area (Å²) < 4.78 is 5.27.